The maximum atomic E-state index is 12.2. The van der Waals surface area contributed by atoms with E-state index in [1.165, 1.54) is 31.2 Å². The van der Waals surface area contributed by atoms with Crippen LogP contribution in [0.15, 0.2) is 57.9 Å². The zero-order valence-corrected chi connectivity index (χ0v) is 15.4. The van der Waals surface area contributed by atoms with Gasteiger partial charge in [0, 0.05) is 11.1 Å². The molecule has 2 aromatic carbocycles. The van der Waals surface area contributed by atoms with Crippen molar-refractivity contribution in [1.29, 1.82) is 0 Å². The highest BCUT2D eigenvalue weighted by atomic mass is 32.2. The van der Waals surface area contributed by atoms with Gasteiger partial charge in [-0.25, -0.2) is 8.42 Å². The monoisotopic (exact) mass is 387 g/mol. The van der Waals surface area contributed by atoms with E-state index in [2.05, 4.69) is 14.9 Å². The average Bonchev–Trinajstić information content (AvgIpc) is 3.12. The van der Waals surface area contributed by atoms with Gasteiger partial charge in [0.2, 0.25) is 15.8 Å². The van der Waals surface area contributed by atoms with Gasteiger partial charge in [-0.2, -0.15) is 9.71 Å². The molecule has 9 heteroatoms. The van der Waals surface area contributed by atoms with Crippen LogP contribution in [0.5, 0.6) is 0 Å². The summed E-state index contributed by atoms with van der Waals surface area (Å²) in [6.07, 6.45) is 0. The minimum atomic E-state index is -3.94. The number of nitrogens with one attached hydrogen (secondary N) is 1. The fourth-order valence-electron chi connectivity index (χ4n) is 2.29. The number of hydrogen-bond acceptors (Lipinski definition) is 6. The number of nitrogens with zero attached hydrogens (tertiary/aromatic N) is 2. The predicted molar refractivity (Wildman–Crippen MR) is 97.3 cm³/mol. The average molecular weight is 387 g/mol. The lowest BCUT2D eigenvalue weighted by Gasteiger charge is -2.10. The summed E-state index contributed by atoms with van der Waals surface area (Å²) >= 11 is 0. The Labute approximate surface area is 155 Å². The van der Waals surface area contributed by atoms with E-state index in [0.29, 0.717) is 11.4 Å². The molecule has 0 aliphatic heterocycles. The number of benzene rings is 2. The van der Waals surface area contributed by atoms with Gasteiger partial charge in [0.25, 0.3) is 5.89 Å². The second kappa shape index (κ2) is 7.29. The SMILES string of the molecule is Cc1ccc(-c2noc(-c3ccc(S(=O)(=O)N[C@H](C)C(=O)O)cc3)n2)cc1. The molecule has 0 fully saturated rings. The van der Waals surface area contributed by atoms with Crippen molar-refractivity contribution in [3.05, 3.63) is 54.1 Å². The molecule has 3 rings (SSSR count). The van der Waals surface area contributed by atoms with Crippen LogP contribution >= 0.6 is 0 Å². The number of aliphatic carboxylic acids is 1. The summed E-state index contributed by atoms with van der Waals surface area (Å²) in [6, 6.07) is 12.2. The van der Waals surface area contributed by atoms with Crippen LogP contribution in [0.3, 0.4) is 0 Å². The Balaban J connectivity index is 1.82. The Kier molecular flexibility index (Phi) is 5.06. The Morgan fingerprint density at radius 1 is 1.07 bits per heavy atom. The molecule has 0 aliphatic carbocycles. The molecule has 8 nitrogen and oxygen atoms in total. The van der Waals surface area contributed by atoms with E-state index >= 15 is 0 Å². The Morgan fingerprint density at radius 2 is 1.67 bits per heavy atom. The summed E-state index contributed by atoms with van der Waals surface area (Å²) in [7, 11) is -3.94. The minimum Gasteiger partial charge on any atom is -0.480 e. The fraction of sp³-hybridized carbons (Fsp3) is 0.167. The molecule has 0 spiro atoms. The van der Waals surface area contributed by atoms with Gasteiger partial charge in [0.05, 0.1) is 4.90 Å². The zero-order chi connectivity index (χ0) is 19.6. The van der Waals surface area contributed by atoms with Crippen molar-refractivity contribution >= 4 is 16.0 Å². The number of sulfonamides is 1. The second-order valence-corrected chi connectivity index (χ2v) is 7.71. The summed E-state index contributed by atoms with van der Waals surface area (Å²) < 4.78 is 31.7. The molecule has 1 atom stereocenters. The number of carbonyl (C=O) groups is 1. The van der Waals surface area contributed by atoms with Crippen molar-refractivity contribution in [2.45, 2.75) is 24.8 Å². The first-order valence-electron chi connectivity index (χ1n) is 8.02. The Hall–Kier alpha value is -3.04. The number of carboxylic acids is 1. The van der Waals surface area contributed by atoms with Crippen molar-refractivity contribution < 1.29 is 22.8 Å². The van der Waals surface area contributed by atoms with Crippen LogP contribution in [0.1, 0.15) is 12.5 Å². The van der Waals surface area contributed by atoms with E-state index in [0.717, 1.165) is 11.1 Å². The van der Waals surface area contributed by atoms with Crippen LogP contribution in [-0.4, -0.2) is 35.7 Å². The third-order valence-electron chi connectivity index (χ3n) is 3.85. The molecule has 2 N–H and O–H groups in total. The van der Waals surface area contributed by atoms with Gasteiger partial charge < -0.3 is 9.63 Å². The van der Waals surface area contributed by atoms with E-state index in [4.69, 9.17) is 9.63 Å². The molecule has 0 unspecified atom stereocenters. The molecule has 1 heterocycles. The lowest BCUT2D eigenvalue weighted by molar-refractivity contribution is -0.138. The van der Waals surface area contributed by atoms with Gasteiger partial charge in [-0.3, -0.25) is 4.79 Å². The van der Waals surface area contributed by atoms with Gasteiger partial charge in [-0.15, -0.1) is 0 Å². The maximum Gasteiger partial charge on any atom is 0.321 e. The van der Waals surface area contributed by atoms with E-state index in [9.17, 15) is 13.2 Å². The van der Waals surface area contributed by atoms with E-state index < -0.39 is 22.0 Å². The lowest BCUT2D eigenvalue weighted by Crippen LogP contribution is -2.38. The van der Waals surface area contributed by atoms with Crippen LogP contribution in [0.25, 0.3) is 22.8 Å². The van der Waals surface area contributed by atoms with Crippen LogP contribution in [-0.2, 0) is 14.8 Å². The van der Waals surface area contributed by atoms with Crippen LogP contribution in [0.2, 0.25) is 0 Å². The fourth-order valence-corrected chi connectivity index (χ4v) is 3.49. The Morgan fingerprint density at radius 3 is 2.26 bits per heavy atom. The summed E-state index contributed by atoms with van der Waals surface area (Å²) in [5.74, 6) is -0.579. The summed E-state index contributed by atoms with van der Waals surface area (Å²) in [5.41, 5.74) is 2.47. The van der Waals surface area contributed by atoms with E-state index in [1.54, 1.807) is 0 Å². The Bertz CT molecular complexity index is 1060. The maximum absolute atomic E-state index is 12.2. The van der Waals surface area contributed by atoms with Crippen LogP contribution < -0.4 is 4.72 Å². The van der Waals surface area contributed by atoms with Crippen LogP contribution in [0, 0.1) is 6.92 Å². The van der Waals surface area contributed by atoms with Crippen molar-refractivity contribution in [1.82, 2.24) is 14.9 Å². The standard InChI is InChI=1S/C18H17N3O5S/c1-11-3-5-13(6-4-11)16-19-17(26-20-16)14-7-9-15(10-8-14)27(24,25)21-12(2)18(22)23/h3-10,12,21H,1-2H3,(H,22,23)/t12-/m1/s1. The summed E-state index contributed by atoms with van der Waals surface area (Å²) in [5, 5.41) is 12.8. The van der Waals surface area contributed by atoms with Crippen molar-refractivity contribution in [2.75, 3.05) is 0 Å². The number of hydrogen-bond donors (Lipinski definition) is 2. The highest BCUT2D eigenvalue weighted by Crippen LogP contribution is 2.23. The smallest absolute Gasteiger partial charge is 0.321 e. The molecular formula is C18H17N3O5S. The second-order valence-electron chi connectivity index (χ2n) is 5.99. The normalized spacial score (nSPS) is 12.7. The summed E-state index contributed by atoms with van der Waals surface area (Å²) in [4.78, 5) is 15.1. The first kappa shape index (κ1) is 18.7. The predicted octanol–water partition coefficient (Wildman–Crippen LogP) is 2.46. The zero-order valence-electron chi connectivity index (χ0n) is 14.6. The van der Waals surface area contributed by atoms with Gasteiger partial charge >= 0.3 is 5.97 Å². The molecule has 0 radical (unpaired) electrons. The van der Waals surface area contributed by atoms with Crippen LogP contribution in [0.4, 0.5) is 0 Å². The first-order chi connectivity index (χ1) is 12.8. The molecule has 3 aromatic rings. The van der Waals surface area contributed by atoms with Crippen molar-refractivity contribution in [3.8, 4) is 22.8 Å². The highest BCUT2D eigenvalue weighted by Gasteiger charge is 2.21. The summed E-state index contributed by atoms with van der Waals surface area (Å²) in [6.45, 7) is 3.23. The third-order valence-corrected chi connectivity index (χ3v) is 5.41. The molecule has 0 saturated carbocycles. The molecule has 0 amide bonds. The van der Waals surface area contributed by atoms with Gasteiger partial charge in [0.15, 0.2) is 0 Å². The molecule has 140 valence electrons. The van der Waals surface area contributed by atoms with E-state index in [-0.39, 0.29) is 10.8 Å². The molecule has 0 aliphatic rings. The number of rotatable bonds is 6. The van der Waals surface area contributed by atoms with Crippen molar-refractivity contribution in [3.63, 3.8) is 0 Å². The van der Waals surface area contributed by atoms with E-state index in [1.807, 2.05) is 31.2 Å². The molecule has 0 bridgehead atoms. The van der Waals surface area contributed by atoms with Gasteiger partial charge in [-0.05, 0) is 38.1 Å². The van der Waals surface area contributed by atoms with Gasteiger partial charge in [-0.1, -0.05) is 35.0 Å². The van der Waals surface area contributed by atoms with Crippen molar-refractivity contribution in [2.24, 2.45) is 0 Å². The minimum absolute atomic E-state index is 0.0578. The quantitative estimate of drug-likeness (QED) is 0.666. The number of carboxylic acid groups (broad SMARTS) is 1. The largest absolute Gasteiger partial charge is 0.480 e. The first-order valence-corrected chi connectivity index (χ1v) is 9.51. The topological polar surface area (TPSA) is 122 Å². The third kappa shape index (κ3) is 4.21. The molecule has 1 aromatic heterocycles. The number of aryl methyl sites for hydroxylation is 1. The lowest BCUT2D eigenvalue weighted by atomic mass is 10.1. The highest BCUT2D eigenvalue weighted by molar-refractivity contribution is 7.89. The number of aromatic nitrogens is 2. The molecule has 0 saturated heterocycles. The van der Waals surface area contributed by atoms with Gasteiger partial charge in [0.1, 0.15) is 6.04 Å². The molecule has 27 heavy (non-hydrogen) atoms. The molecular weight excluding hydrogens is 370 g/mol.